The first-order valence-corrected chi connectivity index (χ1v) is 9.21. The highest BCUT2D eigenvalue weighted by atomic mass is 16.5. The minimum atomic E-state index is -0.447. The molecule has 2 aromatic carbocycles. The average molecular weight is 357 g/mol. The number of nitrogens with one attached hydrogen (secondary N) is 1. The van der Waals surface area contributed by atoms with E-state index < -0.39 is 6.10 Å². The molecule has 0 saturated heterocycles. The molecular formula is C22H31NO3. The van der Waals surface area contributed by atoms with Gasteiger partial charge in [-0.3, -0.25) is 0 Å². The van der Waals surface area contributed by atoms with Gasteiger partial charge in [-0.05, 0) is 44.0 Å². The molecule has 2 aromatic rings. The van der Waals surface area contributed by atoms with Crippen LogP contribution in [0.1, 0.15) is 32.3 Å². The standard InChI is InChI=1S/C12H19NO2.C10H12O/c1-2-8-13-9-11(14)10-15-12-6-4-3-5-7-12;1-9(11)7-8-10-5-3-2-4-6-10/h3-7,11,13-14H,2,8-10H2,1H3;2-6H,7-8H2,1H3. The maximum atomic E-state index is 10.6. The van der Waals surface area contributed by atoms with E-state index in [1.54, 1.807) is 6.92 Å². The summed E-state index contributed by atoms with van der Waals surface area (Å²) in [6.07, 6.45) is 2.16. The van der Waals surface area contributed by atoms with Crippen LogP contribution >= 0.6 is 0 Å². The van der Waals surface area contributed by atoms with Crippen molar-refractivity contribution in [1.29, 1.82) is 0 Å². The third-order valence-electron chi connectivity index (χ3n) is 3.60. The molecule has 0 aliphatic carbocycles. The van der Waals surface area contributed by atoms with Crippen molar-refractivity contribution in [2.24, 2.45) is 0 Å². The summed E-state index contributed by atoms with van der Waals surface area (Å²) in [4.78, 5) is 10.6. The average Bonchev–Trinajstić information content (AvgIpc) is 2.67. The van der Waals surface area contributed by atoms with Crippen LogP contribution in [-0.2, 0) is 11.2 Å². The van der Waals surface area contributed by atoms with Gasteiger partial charge in [-0.1, -0.05) is 55.5 Å². The zero-order valence-corrected chi connectivity index (χ0v) is 15.9. The summed E-state index contributed by atoms with van der Waals surface area (Å²) in [5, 5.41) is 12.7. The summed E-state index contributed by atoms with van der Waals surface area (Å²) < 4.78 is 5.41. The third kappa shape index (κ3) is 11.4. The van der Waals surface area contributed by atoms with E-state index in [4.69, 9.17) is 4.74 Å². The van der Waals surface area contributed by atoms with Crippen molar-refractivity contribution in [3.05, 3.63) is 66.2 Å². The Balaban J connectivity index is 0.000000273. The lowest BCUT2D eigenvalue weighted by molar-refractivity contribution is -0.116. The van der Waals surface area contributed by atoms with E-state index in [2.05, 4.69) is 12.2 Å². The SMILES string of the molecule is CC(=O)CCc1ccccc1.CCCNCC(O)COc1ccccc1. The number of hydrogen-bond donors (Lipinski definition) is 2. The molecule has 0 radical (unpaired) electrons. The van der Waals surface area contributed by atoms with Crippen molar-refractivity contribution >= 4 is 5.78 Å². The summed E-state index contributed by atoms with van der Waals surface area (Å²) in [6.45, 7) is 5.58. The van der Waals surface area contributed by atoms with E-state index >= 15 is 0 Å². The first-order valence-electron chi connectivity index (χ1n) is 9.21. The van der Waals surface area contributed by atoms with E-state index in [0.717, 1.165) is 25.1 Å². The van der Waals surface area contributed by atoms with Crippen LogP contribution in [0, 0.1) is 0 Å². The number of para-hydroxylation sites is 1. The zero-order valence-electron chi connectivity index (χ0n) is 15.9. The molecule has 4 heteroatoms. The van der Waals surface area contributed by atoms with E-state index in [1.165, 1.54) is 5.56 Å². The number of benzene rings is 2. The summed E-state index contributed by atoms with van der Waals surface area (Å²) in [5.41, 5.74) is 1.24. The minimum Gasteiger partial charge on any atom is -0.491 e. The number of aryl methyl sites for hydroxylation is 1. The molecule has 142 valence electrons. The van der Waals surface area contributed by atoms with Crippen LogP contribution in [0.5, 0.6) is 5.75 Å². The molecule has 2 N–H and O–H groups in total. The fraction of sp³-hybridized carbons (Fsp3) is 0.409. The number of hydrogen-bond acceptors (Lipinski definition) is 4. The number of rotatable bonds is 10. The van der Waals surface area contributed by atoms with E-state index in [-0.39, 0.29) is 5.78 Å². The predicted octanol–water partition coefficient (Wildman–Crippen LogP) is 3.63. The molecule has 0 bridgehead atoms. The molecule has 0 heterocycles. The Labute approximate surface area is 157 Å². The second-order valence-corrected chi connectivity index (χ2v) is 6.17. The highest BCUT2D eigenvalue weighted by Crippen LogP contribution is 2.08. The second-order valence-electron chi connectivity index (χ2n) is 6.17. The molecule has 0 aromatic heterocycles. The molecule has 0 saturated carbocycles. The van der Waals surface area contributed by atoms with Crippen LogP contribution in [0.15, 0.2) is 60.7 Å². The highest BCUT2D eigenvalue weighted by Gasteiger charge is 2.03. The van der Waals surface area contributed by atoms with Gasteiger partial charge in [0, 0.05) is 13.0 Å². The Hall–Kier alpha value is -2.17. The molecule has 0 aliphatic heterocycles. The monoisotopic (exact) mass is 357 g/mol. The van der Waals surface area contributed by atoms with Gasteiger partial charge in [0.25, 0.3) is 0 Å². The van der Waals surface area contributed by atoms with E-state index in [0.29, 0.717) is 19.6 Å². The minimum absolute atomic E-state index is 0.258. The van der Waals surface area contributed by atoms with Gasteiger partial charge in [-0.2, -0.15) is 0 Å². The Morgan fingerprint density at radius 1 is 1.08 bits per heavy atom. The third-order valence-corrected chi connectivity index (χ3v) is 3.60. The van der Waals surface area contributed by atoms with Gasteiger partial charge >= 0.3 is 0 Å². The molecule has 0 spiro atoms. The highest BCUT2D eigenvalue weighted by molar-refractivity contribution is 5.75. The molecular weight excluding hydrogens is 326 g/mol. The number of aliphatic hydroxyl groups is 1. The van der Waals surface area contributed by atoms with Gasteiger partial charge in [-0.25, -0.2) is 0 Å². The van der Waals surface area contributed by atoms with Gasteiger partial charge in [0.05, 0.1) is 0 Å². The van der Waals surface area contributed by atoms with Crippen LogP contribution in [0.4, 0.5) is 0 Å². The maximum absolute atomic E-state index is 10.6. The Kier molecular flexibility index (Phi) is 11.8. The lowest BCUT2D eigenvalue weighted by Gasteiger charge is -2.12. The number of Topliss-reactive ketones (excluding diaryl/α,β-unsaturated/α-hetero) is 1. The molecule has 1 unspecified atom stereocenters. The van der Waals surface area contributed by atoms with Crippen LogP contribution < -0.4 is 10.1 Å². The molecule has 1 atom stereocenters. The molecule has 0 aliphatic rings. The maximum Gasteiger partial charge on any atom is 0.130 e. The zero-order chi connectivity index (χ0) is 19.0. The van der Waals surface area contributed by atoms with Crippen molar-refractivity contribution < 1.29 is 14.6 Å². The van der Waals surface area contributed by atoms with Crippen molar-refractivity contribution in [3.8, 4) is 5.75 Å². The molecule has 2 rings (SSSR count). The number of aliphatic hydroxyl groups excluding tert-OH is 1. The number of carbonyl (C=O) groups is 1. The Bertz CT molecular complexity index is 587. The van der Waals surface area contributed by atoms with E-state index in [1.807, 2.05) is 60.7 Å². The normalized spacial score (nSPS) is 11.2. The number of ether oxygens (including phenoxy) is 1. The van der Waals surface area contributed by atoms with Crippen LogP contribution in [0.3, 0.4) is 0 Å². The Morgan fingerprint density at radius 3 is 2.27 bits per heavy atom. The van der Waals surface area contributed by atoms with Gasteiger partial charge in [0.15, 0.2) is 0 Å². The summed E-state index contributed by atoms with van der Waals surface area (Å²) in [7, 11) is 0. The molecule has 4 nitrogen and oxygen atoms in total. The van der Waals surface area contributed by atoms with Gasteiger partial charge < -0.3 is 20.0 Å². The molecule has 0 amide bonds. The quantitative estimate of drug-likeness (QED) is 0.638. The van der Waals surface area contributed by atoms with Gasteiger partial charge in [0.1, 0.15) is 24.2 Å². The van der Waals surface area contributed by atoms with Gasteiger partial charge in [-0.15, -0.1) is 0 Å². The molecule has 0 fully saturated rings. The summed E-state index contributed by atoms with van der Waals surface area (Å²) in [5.74, 6) is 1.06. The largest absolute Gasteiger partial charge is 0.491 e. The predicted molar refractivity (Wildman–Crippen MR) is 107 cm³/mol. The van der Waals surface area contributed by atoms with Crippen molar-refractivity contribution in [2.75, 3.05) is 19.7 Å². The van der Waals surface area contributed by atoms with E-state index in [9.17, 15) is 9.90 Å². The fourth-order valence-corrected chi connectivity index (χ4v) is 2.18. The first-order chi connectivity index (χ1) is 12.6. The summed E-state index contributed by atoms with van der Waals surface area (Å²) >= 11 is 0. The van der Waals surface area contributed by atoms with Crippen molar-refractivity contribution in [3.63, 3.8) is 0 Å². The number of ketones is 1. The second kappa shape index (κ2) is 14.0. The Morgan fingerprint density at radius 2 is 1.69 bits per heavy atom. The smallest absolute Gasteiger partial charge is 0.130 e. The van der Waals surface area contributed by atoms with Crippen LogP contribution in [0.25, 0.3) is 0 Å². The lowest BCUT2D eigenvalue weighted by Crippen LogP contribution is -2.31. The van der Waals surface area contributed by atoms with Crippen LogP contribution in [-0.4, -0.2) is 36.7 Å². The topological polar surface area (TPSA) is 58.6 Å². The summed E-state index contributed by atoms with van der Waals surface area (Å²) in [6, 6.07) is 19.6. The van der Waals surface area contributed by atoms with Crippen molar-refractivity contribution in [2.45, 2.75) is 39.2 Å². The lowest BCUT2D eigenvalue weighted by atomic mass is 10.1. The van der Waals surface area contributed by atoms with Gasteiger partial charge in [0.2, 0.25) is 0 Å². The fourth-order valence-electron chi connectivity index (χ4n) is 2.18. The van der Waals surface area contributed by atoms with Crippen molar-refractivity contribution in [1.82, 2.24) is 5.32 Å². The first kappa shape index (κ1) is 21.9. The number of carbonyl (C=O) groups excluding carboxylic acids is 1. The molecule has 26 heavy (non-hydrogen) atoms. The van der Waals surface area contributed by atoms with Crippen LogP contribution in [0.2, 0.25) is 0 Å².